The summed E-state index contributed by atoms with van der Waals surface area (Å²) in [6.07, 6.45) is 1.76. The fourth-order valence-corrected chi connectivity index (χ4v) is 2.78. The van der Waals surface area contributed by atoms with E-state index in [9.17, 15) is 9.59 Å². The molecule has 0 amide bonds. The van der Waals surface area contributed by atoms with Crippen LogP contribution in [0.1, 0.15) is 21.7 Å². The predicted octanol–water partition coefficient (Wildman–Crippen LogP) is 2.58. The van der Waals surface area contributed by atoms with Crippen LogP contribution in [-0.2, 0) is 0 Å². The van der Waals surface area contributed by atoms with Gasteiger partial charge in [-0.2, -0.15) is 0 Å². The summed E-state index contributed by atoms with van der Waals surface area (Å²) in [5.41, 5.74) is 3.80. The lowest BCUT2D eigenvalue weighted by atomic mass is 10.1. The molecule has 4 aromatic rings. The molecule has 0 aliphatic carbocycles. The lowest BCUT2D eigenvalue weighted by molar-refractivity contribution is 0.103. The van der Waals surface area contributed by atoms with E-state index in [1.807, 2.05) is 41.0 Å². The minimum Gasteiger partial charge on any atom is -0.310 e. The van der Waals surface area contributed by atoms with Gasteiger partial charge in [0.1, 0.15) is 12.0 Å². The van der Waals surface area contributed by atoms with Crippen molar-refractivity contribution < 1.29 is 4.79 Å². The fraction of sp³-hybridized carbons (Fsp3) is 0.0556. The van der Waals surface area contributed by atoms with Crippen molar-refractivity contribution in [2.24, 2.45) is 0 Å². The molecular formula is C18H14N4O2. The van der Waals surface area contributed by atoms with Gasteiger partial charge >= 0.3 is 5.69 Å². The third-order valence-electron chi connectivity index (χ3n) is 4.00. The Morgan fingerprint density at radius 2 is 1.79 bits per heavy atom. The lowest BCUT2D eigenvalue weighted by Crippen LogP contribution is -2.07. The monoisotopic (exact) mass is 318 g/mol. The van der Waals surface area contributed by atoms with Crippen LogP contribution in [0.2, 0.25) is 0 Å². The van der Waals surface area contributed by atoms with Gasteiger partial charge in [-0.05, 0) is 43.3 Å². The molecular weight excluding hydrogens is 304 g/mol. The number of para-hydroxylation sites is 2. The summed E-state index contributed by atoms with van der Waals surface area (Å²) in [5, 5.41) is 0. The number of aromatic amines is 2. The number of benzene rings is 2. The normalized spacial score (nSPS) is 11.0. The predicted molar refractivity (Wildman–Crippen MR) is 90.7 cm³/mol. The molecule has 0 atom stereocenters. The number of carbonyl (C=O) groups excluding carboxylic acids is 1. The van der Waals surface area contributed by atoms with Crippen LogP contribution in [0.25, 0.3) is 16.7 Å². The second-order valence-corrected chi connectivity index (χ2v) is 5.56. The molecule has 2 heterocycles. The number of carbonyl (C=O) groups is 1. The number of nitrogens with one attached hydrogen (secondary N) is 2. The molecule has 2 aromatic carbocycles. The van der Waals surface area contributed by atoms with E-state index in [1.165, 1.54) is 0 Å². The summed E-state index contributed by atoms with van der Waals surface area (Å²) in [4.78, 5) is 33.3. The summed E-state index contributed by atoms with van der Waals surface area (Å²) in [7, 11) is 0. The van der Waals surface area contributed by atoms with Crippen LogP contribution in [0.4, 0.5) is 0 Å². The molecule has 24 heavy (non-hydrogen) atoms. The number of ketones is 1. The van der Waals surface area contributed by atoms with Crippen LogP contribution >= 0.6 is 0 Å². The van der Waals surface area contributed by atoms with Gasteiger partial charge in [0.05, 0.1) is 11.0 Å². The van der Waals surface area contributed by atoms with Gasteiger partial charge in [0, 0.05) is 16.9 Å². The van der Waals surface area contributed by atoms with Gasteiger partial charge in [0.15, 0.2) is 0 Å². The minimum atomic E-state index is -0.377. The molecule has 0 unspecified atom stereocenters. The molecule has 0 fully saturated rings. The molecule has 0 saturated carbocycles. The third kappa shape index (κ3) is 2.25. The standard InChI is InChI=1S/C18H14N4O2/c1-11-16(21-18(24)20-11)17(23)12-6-8-13(9-7-12)22-10-19-14-4-2-3-5-15(14)22/h2-10H,1H3,(H2,20,21,24). The van der Waals surface area contributed by atoms with Gasteiger partial charge in [0.2, 0.25) is 5.78 Å². The van der Waals surface area contributed by atoms with Crippen molar-refractivity contribution in [3.8, 4) is 5.69 Å². The molecule has 0 aliphatic rings. The Kier molecular flexibility index (Phi) is 3.16. The number of nitrogens with zero attached hydrogens (tertiary/aromatic N) is 2. The lowest BCUT2D eigenvalue weighted by Gasteiger charge is -2.06. The molecule has 4 rings (SSSR count). The van der Waals surface area contributed by atoms with Gasteiger partial charge in [-0.3, -0.25) is 9.36 Å². The molecule has 0 spiro atoms. The maximum Gasteiger partial charge on any atom is 0.323 e. The van der Waals surface area contributed by atoms with Crippen molar-refractivity contribution >= 4 is 16.8 Å². The summed E-state index contributed by atoms with van der Waals surface area (Å²) in [6, 6.07) is 15.1. The van der Waals surface area contributed by atoms with E-state index in [-0.39, 0.29) is 11.5 Å². The second-order valence-electron chi connectivity index (χ2n) is 5.56. The Hall–Kier alpha value is -3.41. The Morgan fingerprint density at radius 1 is 1.04 bits per heavy atom. The molecule has 0 radical (unpaired) electrons. The first kappa shape index (κ1) is 14.2. The molecule has 0 bridgehead atoms. The molecule has 2 aromatic heterocycles. The SMILES string of the molecule is Cc1[nH]c(=O)[nH]c1C(=O)c1ccc(-n2cnc3ccccc32)cc1. The highest BCUT2D eigenvalue weighted by Gasteiger charge is 2.15. The highest BCUT2D eigenvalue weighted by Crippen LogP contribution is 2.19. The first-order valence-electron chi connectivity index (χ1n) is 7.49. The van der Waals surface area contributed by atoms with Gasteiger partial charge in [-0.25, -0.2) is 9.78 Å². The number of H-pyrrole nitrogens is 2. The first-order chi connectivity index (χ1) is 11.6. The Bertz CT molecular complexity index is 1100. The van der Waals surface area contributed by atoms with Crippen LogP contribution < -0.4 is 5.69 Å². The zero-order valence-corrected chi connectivity index (χ0v) is 12.9. The zero-order chi connectivity index (χ0) is 16.7. The average molecular weight is 318 g/mol. The van der Waals surface area contributed by atoms with Crippen LogP contribution in [0.15, 0.2) is 59.7 Å². The maximum absolute atomic E-state index is 12.5. The van der Waals surface area contributed by atoms with Crippen LogP contribution in [0.3, 0.4) is 0 Å². The number of fused-ring (bicyclic) bond motifs is 1. The topological polar surface area (TPSA) is 83.5 Å². The van der Waals surface area contributed by atoms with E-state index in [2.05, 4.69) is 15.0 Å². The van der Waals surface area contributed by atoms with Crippen molar-refractivity contribution in [1.82, 2.24) is 19.5 Å². The van der Waals surface area contributed by atoms with E-state index in [1.54, 1.807) is 25.4 Å². The summed E-state index contributed by atoms with van der Waals surface area (Å²) < 4.78 is 1.97. The van der Waals surface area contributed by atoms with Crippen molar-refractivity contribution in [2.45, 2.75) is 6.92 Å². The van der Waals surface area contributed by atoms with Crippen molar-refractivity contribution in [3.63, 3.8) is 0 Å². The Balaban J connectivity index is 1.71. The van der Waals surface area contributed by atoms with Crippen LogP contribution in [0, 0.1) is 6.92 Å². The molecule has 118 valence electrons. The minimum absolute atomic E-state index is 0.215. The van der Waals surface area contributed by atoms with Crippen molar-refractivity contribution in [3.05, 3.63) is 82.3 Å². The Morgan fingerprint density at radius 3 is 2.50 bits per heavy atom. The summed E-state index contributed by atoms with van der Waals surface area (Å²) in [5.74, 6) is -0.215. The van der Waals surface area contributed by atoms with Gasteiger partial charge in [0.25, 0.3) is 0 Å². The number of aromatic nitrogens is 4. The highest BCUT2D eigenvalue weighted by atomic mass is 16.1. The number of hydrogen-bond donors (Lipinski definition) is 2. The quantitative estimate of drug-likeness (QED) is 0.569. The fourth-order valence-electron chi connectivity index (χ4n) is 2.78. The van der Waals surface area contributed by atoms with E-state index in [0.29, 0.717) is 17.0 Å². The molecule has 0 saturated heterocycles. The molecule has 0 aliphatic heterocycles. The van der Waals surface area contributed by atoms with Crippen LogP contribution in [0.5, 0.6) is 0 Å². The van der Waals surface area contributed by atoms with Gasteiger partial charge in [-0.15, -0.1) is 0 Å². The number of aryl methyl sites for hydroxylation is 1. The summed E-state index contributed by atoms with van der Waals surface area (Å²) >= 11 is 0. The van der Waals surface area contributed by atoms with Gasteiger partial charge < -0.3 is 9.97 Å². The number of hydrogen-bond acceptors (Lipinski definition) is 3. The van der Waals surface area contributed by atoms with Crippen LogP contribution in [-0.4, -0.2) is 25.3 Å². The van der Waals surface area contributed by atoms with E-state index in [0.717, 1.165) is 16.7 Å². The van der Waals surface area contributed by atoms with E-state index < -0.39 is 0 Å². The van der Waals surface area contributed by atoms with E-state index >= 15 is 0 Å². The Labute approximate surface area is 136 Å². The molecule has 6 nitrogen and oxygen atoms in total. The number of rotatable bonds is 3. The van der Waals surface area contributed by atoms with Crippen molar-refractivity contribution in [1.29, 1.82) is 0 Å². The zero-order valence-electron chi connectivity index (χ0n) is 12.9. The highest BCUT2D eigenvalue weighted by molar-refractivity contribution is 6.08. The largest absolute Gasteiger partial charge is 0.323 e. The first-order valence-corrected chi connectivity index (χ1v) is 7.49. The van der Waals surface area contributed by atoms with E-state index in [4.69, 9.17) is 0 Å². The third-order valence-corrected chi connectivity index (χ3v) is 4.00. The second kappa shape index (κ2) is 5.34. The maximum atomic E-state index is 12.5. The summed E-state index contributed by atoms with van der Waals surface area (Å²) in [6.45, 7) is 1.69. The molecule has 2 N–H and O–H groups in total. The molecule has 6 heteroatoms. The smallest absolute Gasteiger partial charge is 0.310 e. The number of imidazole rings is 2. The average Bonchev–Trinajstić information content (AvgIpc) is 3.17. The van der Waals surface area contributed by atoms with Crippen molar-refractivity contribution in [2.75, 3.05) is 0 Å². The van der Waals surface area contributed by atoms with Gasteiger partial charge in [-0.1, -0.05) is 12.1 Å².